The molecule has 14 heavy (non-hydrogen) atoms. The average Bonchev–Trinajstić information content (AvgIpc) is 2.07. The summed E-state index contributed by atoms with van der Waals surface area (Å²) in [7, 11) is 0. The maximum Gasteiger partial charge on any atom is 0.107 e. The summed E-state index contributed by atoms with van der Waals surface area (Å²) in [6, 6.07) is 6.23. The summed E-state index contributed by atoms with van der Waals surface area (Å²) in [5.41, 5.74) is 3.50. The average molecular weight is 315 g/mol. The van der Waals surface area contributed by atoms with Crippen LogP contribution in [-0.2, 0) is 0 Å². The van der Waals surface area contributed by atoms with Gasteiger partial charge in [-0.3, -0.25) is 0 Å². The normalized spacial score (nSPS) is 10.9. The summed E-state index contributed by atoms with van der Waals surface area (Å²) in [5.74, 6) is 0. The Bertz CT molecular complexity index is 459. The fourth-order valence-corrected chi connectivity index (χ4v) is 2.67. The lowest BCUT2D eigenvalue weighted by Crippen LogP contribution is -1.88. The van der Waals surface area contributed by atoms with Crippen LogP contribution < -0.4 is 0 Å². The largest absolute Gasteiger partial charge is 0.241 e. The van der Waals surface area contributed by atoms with Gasteiger partial charge in [-0.15, -0.1) is 0 Å². The number of benzene rings is 1. The number of nitrogens with zero attached hydrogens (tertiary/aromatic N) is 1. The van der Waals surface area contributed by atoms with Gasteiger partial charge in [0.1, 0.15) is 4.60 Å². The smallest absolute Gasteiger partial charge is 0.107 e. The molecule has 2 rings (SSSR count). The van der Waals surface area contributed by atoms with Gasteiger partial charge in [0.2, 0.25) is 0 Å². The second-order valence-electron chi connectivity index (χ2n) is 3.38. The highest BCUT2D eigenvalue weighted by molar-refractivity contribution is 9.10. The van der Waals surface area contributed by atoms with Gasteiger partial charge >= 0.3 is 0 Å². The summed E-state index contributed by atoms with van der Waals surface area (Å²) in [6.07, 6.45) is 0. The fourth-order valence-electron chi connectivity index (χ4n) is 1.58. The zero-order valence-corrected chi connectivity index (χ0v) is 11.1. The Hall–Kier alpha value is -0.410. The Morgan fingerprint density at radius 1 is 1.00 bits per heavy atom. The van der Waals surface area contributed by atoms with Crippen molar-refractivity contribution in [3.8, 4) is 0 Å². The molecule has 1 aromatic heterocycles. The number of hydrogen-bond donors (Lipinski definition) is 0. The molecule has 3 heteroatoms. The Labute approximate surface area is 99.8 Å². The molecule has 0 saturated heterocycles. The molecule has 72 valence electrons. The number of pyridine rings is 1. The molecule has 0 bridgehead atoms. The van der Waals surface area contributed by atoms with Crippen LogP contribution in [0.15, 0.2) is 27.3 Å². The Kier molecular flexibility index (Phi) is 2.62. The molecule has 1 aromatic carbocycles. The highest BCUT2D eigenvalue weighted by atomic mass is 79.9. The van der Waals surface area contributed by atoms with E-state index in [9.17, 15) is 0 Å². The zero-order chi connectivity index (χ0) is 10.3. The van der Waals surface area contributed by atoms with Gasteiger partial charge in [0.25, 0.3) is 0 Å². The van der Waals surface area contributed by atoms with Crippen molar-refractivity contribution in [2.24, 2.45) is 0 Å². The first-order valence-corrected chi connectivity index (χ1v) is 5.89. The van der Waals surface area contributed by atoms with E-state index in [4.69, 9.17) is 0 Å². The molecule has 2 aromatic rings. The third-order valence-electron chi connectivity index (χ3n) is 2.24. The molecule has 0 unspecified atom stereocenters. The van der Waals surface area contributed by atoms with Crippen LogP contribution in [0.5, 0.6) is 0 Å². The van der Waals surface area contributed by atoms with Crippen molar-refractivity contribution in [3.63, 3.8) is 0 Å². The number of aryl methyl sites for hydroxylation is 2. The second-order valence-corrected chi connectivity index (χ2v) is 5.11. The minimum atomic E-state index is 0.896. The monoisotopic (exact) mass is 313 g/mol. The summed E-state index contributed by atoms with van der Waals surface area (Å²) < 4.78 is 2.00. The molecule has 0 aliphatic rings. The predicted octanol–water partition coefficient (Wildman–Crippen LogP) is 4.38. The fraction of sp³-hybridized carbons (Fsp3) is 0.182. The predicted molar refractivity (Wildman–Crippen MR) is 66.6 cm³/mol. The summed E-state index contributed by atoms with van der Waals surface area (Å²) in [4.78, 5) is 4.47. The number of rotatable bonds is 0. The van der Waals surface area contributed by atoms with E-state index in [0.29, 0.717) is 0 Å². The molecule has 0 aliphatic heterocycles. The molecule has 0 amide bonds. The van der Waals surface area contributed by atoms with E-state index in [1.807, 2.05) is 6.07 Å². The summed E-state index contributed by atoms with van der Waals surface area (Å²) in [5, 5.41) is 1.21. The van der Waals surface area contributed by atoms with Crippen LogP contribution in [0.3, 0.4) is 0 Å². The third-order valence-corrected chi connectivity index (χ3v) is 3.11. The lowest BCUT2D eigenvalue weighted by atomic mass is 10.1. The maximum absolute atomic E-state index is 4.47. The SMILES string of the molecule is Cc1cc(Br)nc2c(C)cc(Br)cc12. The van der Waals surface area contributed by atoms with E-state index in [1.54, 1.807) is 0 Å². The van der Waals surface area contributed by atoms with Crippen LogP contribution in [0, 0.1) is 13.8 Å². The minimum Gasteiger partial charge on any atom is -0.241 e. The second kappa shape index (κ2) is 3.63. The van der Waals surface area contributed by atoms with Crippen molar-refractivity contribution in [1.82, 2.24) is 4.98 Å². The first-order valence-electron chi connectivity index (χ1n) is 4.31. The molecule has 0 saturated carbocycles. The number of fused-ring (bicyclic) bond motifs is 1. The van der Waals surface area contributed by atoms with Gasteiger partial charge in [-0.2, -0.15) is 0 Å². The Morgan fingerprint density at radius 2 is 1.71 bits per heavy atom. The molecule has 1 heterocycles. The lowest BCUT2D eigenvalue weighted by Gasteiger charge is -2.06. The van der Waals surface area contributed by atoms with Gasteiger partial charge in [-0.25, -0.2) is 4.98 Å². The molecule has 0 spiro atoms. The Morgan fingerprint density at radius 3 is 2.43 bits per heavy atom. The Balaban J connectivity index is 2.94. The van der Waals surface area contributed by atoms with E-state index in [2.05, 4.69) is 62.8 Å². The van der Waals surface area contributed by atoms with E-state index >= 15 is 0 Å². The number of halogens is 2. The number of aromatic nitrogens is 1. The van der Waals surface area contributed by atoms with E-state index in [0.717, 1.165) is 14.6 Å². The van der Waals surface area contributed by atoms with Crippen molar-refractivity contribution in [1.29, 1.82) is 0 Å². The van der Waals surface area contributed by atoms with Crippen molar-refractivity contribution in [2.45, 2.75) is 13.8 Å². The standard InChI is InChI=1S/C11H9Br2N/c1-6-4-10(13)14-11-7(2)3-8(12)5-9(6)11/h3-5H,1-2H3. The van der Waals surface area contributed by atoms with Crippen LogP contribution >= 0.6 is 31.9 Å². The van der Waals surface area contributed by atoms with Gasteiger partial charge in [0, 0.05) is 9.86 Å². The van der Waals surface area contributed by atoms with Gasteiger partial charge in [-0.1, -0.05) is 15.9 Å². The molecule has 1 nitrogen and oxygen atoms in total. The van der Waals surface area contributed by atoms with E-state index in [1.165, 1.54) is 16.5 Å². The van der Waals surface area contributed by atoms with Gasteiger partial charge in [0.05, 0.1) is 5.52 Å². The summed E-state index contributed by atoms with van der Waals surface area (Å²) in [6.45, 7) is 4.17. The molecule has 0 N–H and O–H groups in total. The molecular weight excluding hydrogens is 306 g/mol. The zero-order valence-electron chi connectivity index (χ0n) is 7.94. The molecular formula is C11H9Br2N. The van der Waals surface area contributed by atoms with Crippen LogP contribution in [-0.4, -0.2) is 4.98 Å². The summed E-state index contributed by atoms with van der Waals surface area (Å²) >= 11 is 6.91. The quantitative estimate of drug-likeness (QED) is 0.658. The van der Waals surface area contributed by atoms with Crippen molar-refractivity contribution < 1.29 is 0 Å². The van der Waals surface area contributed by atoms with Crippen molar-refractivity contribution in [3.05, 3.63) is 38.4 Å². The van der Waals surface area contributed by atoms with Gasteiger partial charge in [0.15, 0.2) is 0 Å². The van der Waals surface area contributed by atoms with Crippen molar-refractivity contribution in [2.75, 3.05) is 0 Å². The highest BCUT2D eigenvalue weighted by Crippen LogP contribution is 2.26. The van der Waals surface area contributed by atoms with Gasteiger partial charge < -0.3 is 0 Å². The molecule has 0 radical (unpaired) electrons. The van der Waals surface area contributed by atoms with Gasteiger partial charge in [-0.05, 0) is 59.1 Å². The minimum absolute atomic E-state index is 0.896. The van der Waals surface area contributed by atoms with Crippen LogP contribution in [0.1, 0.15) is 11.1 Å². The third kappa shape index (κ3) is 1.71. The van der Waals surface area contributed by atoms with Crippen molar-refractivity contribution >= 4 is 42.8 Å². The molecule has 0 fully saturated rings. The first kappa shape index (κ1) is 10.1. The van der Waals surface area contributed by atoms with Crippen LogP contribution in [0.4, 0.5) is 0 Å². The van der Waals surface area contributed by atoms with Crippen LogP contribution in [0.2, 0.25) is 0 Å². The topological polar surface area (TPSA) is 12.9 Å². The maximum atomic E-state index is 4.47. The molecule has 0 aliphatic carbocycles. The number of hydrogen-bond acceptors (Lipinski definition) is 1. The lowest BCUT2D eigenvalue weighted by molar-refractivity contribution is 1.29. The van der Waals surface area contributed by atoms with Crippen LogP contribution in [0.25, 0.3) is 10.9 Å². The first-order chi connectivity index (χ1) is 6.58. The van der Waals surface area contributed by atoms with E-state index < -0.39 is 0 Å². The highest BCUT2D eigenvalue weighted by Gasteiger charge is 2.04. The molecule has 0 atom stereocenters. The van der Waals surface area contributed by atoms with E-state index in [-0.39, 0.29) is 0 Å².